The highest BCUT2D eigenvalue weighted by Gasteiger charge is 2.11. The van der Waals surface area contributed by atoms with E-state index >= 15 is 0 Å². The molecule has 0 saturated heterocycles. The first-order valence-electron chi connectivity index (χ1n) is 16.7. The van der Waals surface area contributed by atoms with Crippen molar-refractivity contribution >= 4 is 33.9 Å². The summed E-state index contributed by atoms with van der Waals surface area (Å²) in [6.45, 7) is 1.99. The molecule has 6 aromatic rings. The number of aromatic amines is 2. The minimum atomic E-state index is -0.147. The van der Waals surface area contributed by atoms with Crippen molar-refractivity contribution in [1.82, 2.24) is 30.6 Å². The fraction of sp³-hybridized carbons (Fsp3) is 0.231. The molecule has 0 atom stereocenters. The van der Waals surface area contributed by atoms with Gasteiger partial charge in [0.15, 0.2) is 0 Å². The maximum absolute atomic E-state index is 12.4. The molecule has 0 saturated carbocycles. The Labute approximate surface area is 294 Å². The van der Waals surface area contributed by atoms with Gasteiger partial charge in [0, 0.05) is 13.1 Å². The van der Waals surface area contributed by atoms with E-state index in [9.17, 15) is 9.59 Å². The van der Waals surface area contributed by atoms with E-state index in [0.29, 0.717) is 60.1 Å². The highest BCUT2D eigenvalue weighted by atomic mass is 16.5. The first kappa shape index (κ1) is 34.2. The average molecular weight is 681 g/mol. The number of nitriles is 2. The molecule has 0 bridgehead atoms. The van der Waals surface area contributed by atoms with Crippen molar-refractivity contribution < 1.29 is 19.1 Å². The summed E-state index contributed by atoms with van der Waals surface area (Å²) in [4.78, 5) is 40.0. The van der Waals surface area contributed by atoms with Crippen LogP contribution in [0.15, 0.2) is 84.9 Å². The Bertz CT molecular complexity index is 2050. The van der Waals surface area contributed by atoms with Crippen LogP contribution < -0.4 is 20.1 Å². The number of rotatable bonds is 16. The average Bonchev–Trinajstić information content (AvgIpc) is 3.75. The second-order valence-electron chi connectivity index (χ2n) is 12.0. The van der Waals surface area contributed by atoms with Gasteiger partial charge in [-0.05, 0) is 91.1 Å². The maximum atomic E-state index is 12.4. The second-order valence-corrected chi connectivity index (χ2v) is 12.0. The minimum Gasteiger partial charge on any atom is -0.494 e. The highest BCUT2D eigenvalue weighted by Crippen LogP contribution is 2.17. The first-order chi connectivity index (χ1) is 24.9. The fourth-order valence-electron chi connectivity index (χ4n) is 5.42. The molecule has 4 aromatic carbocycles. The molecule has 0 aliphatic heterocycles. The number of H-pyrrole nitrogens is 2. The SMILES string of the molecule is N#Cc1ccc2[nH]c(CC(=O)NCc3ccc(OCCCCCOc4ccc(CNC(=O)Cc5nc6cc(C#N)ccc6[nH]5)cc4)cc3)nc2c1. The third kappa shape index (κ3) is 9.71. The van der Waals surface area contributed by atoms with Crippen LogP contribution >= 0.6 is 0 Å². The van der Waals surface area contributed by atoms with Crippen LogP contribution in [0.4, 0.5) is 0 Å². The van der Waals surface area contributed by atoms with Crippen LogP contribution in [0.2, 0.25) is 0 Å². The molecule has 0 spiro atoms. The van der Waals surface area contributed by atoms with Crippen LogP contribution in [0.25, 0.3) is 22.1 Å². The number of hydrogen-bond acceptors (Lipinski definition) is 8. The Morgan fingerprint density at radius 2 is 1.04 bits per heavy atom. The van der Waals surface area contributed by atoms with Gasteiger partial charge in [0.2, 0.25) is 11.8 Å². The van der Waals surface area contributed by atoms with Gasteiger partial charge >= 0.3 is 0 Å². The fourth-order valence-corrected chi connectivity index (χ4v) is 5.42. The summed E-state index contributed by atoms with van der Waals surface area (Å²) in [6.07, 6.45) is 3.00. The number of hydrogen-bond donors (Lipinski definition) is 4. The number of carbonyl (C=O) groups excluding carboxylic acids is 2. The molecule has 51 heavy (non-hydrogen) atoms. The van der Waals surface area contributed by atoms with Gasteiger partial charge in [-0.1, -0.05) is 24.3 Å². The van der Waals surface area contributed by atoms with Gasteiger partial charge in [0.25, 0.3) is 0 Å². The van der Waals surface area contributed by atoms with E-state index in [0.717, 1.165) is 52.9 Å². The van der Waals surface area contributed by atoms with Crippen molar-refractivity contribution in [2.24, 2.45) is 0 Å². The van der Waals surface area contributed by atoms with Gasteiger partial charge in [-0.25, -0.2) is 9.97 Å². The largest absolute Gasteiger partial charge is 0.494 e. The lowest BCUT2D eigenvalue weighted by atomic mass is 10.2. The van der Waals surface area contributed by atoms with E-state index in [1.54, 1.807) is 36.4 Å². The maximum Gasteiger partial charge on any atom is 0.227 e. The lowest BCUT2D eigenvalue weighted by Gasteiger charge is -2.09. The number of amides is 2. The zero-order valence-corrected chi connectivity index (χ0v) is 27.9. The van der Waals surface area contributed by atoms with Crippen LogP contribution in [0, 0.1) is 22.7 Å². The van der Waals surface area contributed by atoms with E-state index in [2.05, 4.69) is 42.7 Å². The molecule has 2 heterocycles. The van der Waals surface area contributed by atoms with Crippen LogP contribution in [0.1, 0.15) is 53.2 Å². The Balaban J connectivity index is 0.810. The molecule has 0 radical (unpaired) electrons. The smallest absolute Gasteiger partial charge is 0.227 e. The molecular formula is C39H36N8O4. The number of unbranched alkanes of at least 4 members (excludes halogenated alkanes) is 2. The quantitative estimate of drug-likeness (QED) is 0.0963. The summed E-state index contributed by atoms with van der Waals surface area (Å²) in [6, 6.07) is 29.9. The zero-order valence-electron chi connectivity index (χ0n) is 27.9. The van der Waals surface area contributed by atoms with E-state index in [4.69, 9.17) is 20.0 Å². The number of nitrogens with one attached hydrogen (secondary N) is 4. The molecule has 0 aliphatic carbocycles. The molecule has 0 aliphatic rings. The predicted molar refractivity (Wildman–Crippen MR) is 190 cm³/mol. The Morgan fingerprint density at radius 1 is 0.608 bits per heavy atom. The number of benzene rings is 4. The Kier molecular flexibility index (Phi) is 11.2. The van der Waals surface area contributed by atoms with Crippen molar-refractivity contribution in [1.29, 1.82) is 10.5 Å². The van der Waals surface area contributed by atoms with Crippen LogP contribution in [-0.4, -0.2) is 45.0 Å². The Morgan fingerprint density at radius 3 is 1.45 bits per heavy atom. The van der Waals surface area contributed by atoms with E-state index in [-0.39, 0.29) is 24.7 Å². The molecule has 6 rings (SSSR count). The predicted octanol–water partition coefficient (Wildman–Crippen LogP) is 5.53. The topological polar surface area (TPSA) is 182 Å². The lowest BCUT2D eigenvalue weighted by molar-refractivity contribution is -0.121. The summed E-state index contributed by atoms with van der Waals surface area (Å²) in [5.74, 6) is 2.37. The molecule has 12 heteroatoms. The normalized spacial score (nSPS) is 10.8. The zero-order chi connectivity index (χ0) is 35.4. The molecule has 0 unspecified atom stereocenters. The summed E-state index contributed by atoms with van der Waals surface area (Å²) in [7, 11) is 0. The third-order valence-corrected chi connectivity index (χ3v) is 8.13. The van der Waals surface area contributed by atoms with Crippen molar-refractivity contribution in [2.75, 3.05) is 13.2 Å². The number of nitrogens with zero attached hydrogens (tertiary/aromatic N) is 4. The number of fused-ring (bicyclic) bond motifs is 2. The number of imidazole rings is 2. The van der Waals surface area contributed by atoms with Crippen molar-refractivity contribution in [3.8, 4) is 23.6 Å². The third-order valence-electron chi connectivity index (χ3n) is 8.13. The molecule has 4 N–H and O–H groups in total. The molecule has 2 amide bonds. The summed E-state index contributed by atoms with van der Waals surface area (Å²) < 4.78 is 11.8. The summed E-state index contributed by atoms with van der Waals surface area (Å²) in [5.41, 5.74) is 5.90. The van der Waals surface area contributed by atoms with Gasteiger partial charge in [0.05, 0.1) is 71.4 Å². The van der Waals surface area contributed by atoms with E-state index < -0.39 is 0 Å². The van der Waals surface area contributed by atoms with Gasteiger partial charge < -0.3 is 30.1 Å². The van der Waals surface area contributed by atoms with Crippen molar-refractivity contribution in [3.63, 3.8) is 0 Å². The van der Waals surface area contributed by atoms with Gasteiger partial charge in [-0.2, -0.15) is 10.5 Å². The van der Waals surface area contributed by atoms with Crippen LogP contribution in [0.5, 0.6) is 11.5 Å². The Hall–Kier alpha value is -6.66. The standard InChI is InChI=1S/C39H36N8O4/c40-22-28-8-14-32-34(18-28)46-36(44-32)20-38(48)42-24-26-4-10-30(11-5-26)50-16-2-1-3-17-51-31-12-6-27(7-13-31)25-43-39(49)21-37-45-33-15-9-29(23-41)19-35(33)47-37/h4-15,18-19H,1-3,16-17,20-21,24-25H2,(H,42,48)(H,43,49)(H,44,46)(H,45,47). The molecular weight excluding hydrogens is 644 g/mol. The van der Waals surface area contributed by atoms with Crippen molar-refractivity contribution in [2.45, 2.75) is 45.2 Å². The number of ether oxygens (including phenoxy) is 2. The monoisotopic (exact) mass is 680 g/mol. The van der Waals surface area contributed by atoms with Crippen LogP contribution in [-0.2, 0) is 35.5 Å². The first-order valence-corrected chi connectivity index (χ1v) is 16.7. The van der Waals surface area contributed by atoms with Crippen molar-refractivity contribution in [3.05, 3.63) is 119 Å². The molecule has 256 valence electrons. The van der Waals surface area contributed by atoms with E-state index in [1.807, 2.05) is 48.5 Å². The number of carbonyl (C=O) groups is 2. The van der Waals surface area contributed by atoms with Gasteiger partial charge in [-0.3, -0.25) is 9.59 Å². The second kappa shape index (κ2) is 16.6. The minimum absolute atomic E-state index is 0.122. The number of aromatic nitrogens is 4. The van der Waals surface area contributed by atoms with E-state index in [1.165, 1.54) is 0 Å². The molecule has 0 fully saturated rings. The van der Waals surface area contributed by atoms with Gasteiger partial charge in [0.1, 0.15) is 23.1 Å². The van der Waals surface area contributed by atoms with Gasteiger partial charge in [-0.15, -0.1) is 0 Å². The van der Waals surface area contributed by atoms with Crippen LogP contribution in [0.3, 0.4) is 0 Å². The highest BCUT2D eigenvalue weighted by molar-refractivity contribution is 5.82. The molecule has 12 nitrogen and oxygen atoms in total. The summed E-state index contributed by atoms with van der Waals surface area (Å²) in [5, 5.41) is 23.9. The summed E-state index contributed by atoms with van der Waals surface area (Å²) >= 11 is 0. The molecule has 2 aromatic heterocycles. The lowest BCUT2D eigenvalue weighted by Crippen LogP contribution is -2.24.